The summed E-state index contributed by atoms with van der Waals surface area (Å²) in [5, 5.41) is 0. The average Bonchev–Trinajstić information content (AvgIpc) is 2.90. The molecule has 0 unspecified atom stereocenters. The number of hydrogen-bond donors (Lipinski definition) is 0. The summed E-state index contributed by atoms with van der Waals surface area (Å²) < 4.78 is 16.2. The molecule has 0 aromatic rings. The fourth-order valence-electron chi connectivity index (χ4n) is 3.06. The lowest BCUT2D eigenvalue weighted by molar-refractivity contribution is 0.101. The summed E-state index contributed by atoms with van der Waals surface area (Å²) in [4.78, 5) is 11.5. The van der Waals surface area contributed by atoms with E-state index in [9.17, 15) is 4.79 Å². The van der Waals surface area contributed by atoms with E-state index in [-0.39, 0.29) is 5.63 Å². The second-order valence-corrected chi connectivity index (χ2v) is 6.87. The quantitative estimate of drug-likeness (QED) is 0.411. The molecule has 2 heterocycles. The molecule has 0 aliphatic carbocycles. The SMILES string of the molecule is CCCCCCCCCCCCOCc1cc2c(C)c(=O)oc-2co1. The largest absolute Gasteiger partial charge is 0.463 e. The second kappa shape index (κ2) is 11.1. The van der Waals surface area contributed by atoms with E-state index in [2.05, 4.69) is 6.92 Å². The van der Waals surface area contributed by atoms with Crippen LogP contribution in [0.2, 0.25) is 0 Å². The summed E-state index contributed by atoms with van der Waals surface area (Å²) in [5.74, 6) is 1.23. The summed E-state index contributed by atoms with van der Waals surface area (Å²) in [5.41, 5.74) is 1.14. The van der Waals surface area contributed by atoms with Crippen LogP contribution in [0.5, 0.6) is 0 Å². The molecule has 0 fully saturated rings. The highest BCUT2D eigenvalue weighted by atomic mass is 16.5. The highest BCUT2D eigenvalue weighted by Gasteiger charge is 2.15. The Labute approximate surface area is 150 Å². The van der Waals surface area contributed by atoms with Crippen molar-refractivity contribution >= 4 is 0 Å². The smallest absolute Gasteiger partial charge is 0.339 e. The fourth-order valence-corrected chi connectivity index (χ4v) is 3.06. The maximum atomic E-state index is 11.5. The van der Waals surface area contributed by atoms with Gasteiger partial charge >= 0.3 is 5.63 Å². The zero-order valence-corrected chi connectivity index (χ0v) is 15.8. The van der Waals surface area contributed by atoms with Gasteiger partial charge in [0, 0.05) is 17.7 Å². The van der Waals surface area contributed by atoms with Gasteiger partial charge in [0.15, 0.2) is 5.76 Å². The van der Waals surface area contributed by atoms with Crippen LogP contribution in [-0.4, -0.2) is 6.61 Å². The van der Waals surface area contributed by atoms with Crippen LogP contribution in [-0.2, 0) is 11.3 Å². The molecule has 0 atom stereocenters. The van der Waals surface area contributed by atoms with Crippen molar-refractivity contribution in [1.82, 2.24) is 0 Å². The fraction of sp³-hybridized carbons (Fsp3) is 0.667. The van der Waals surface area contributed by atoms with Crippen molar-refractivity contribution in [3.63, 3.8) is 0 Å². The molecule has 0 N–H and O–H groups in total. The first-order valence-electron chi connectivity index (χ1n) is 9.81. The first kappa shape index (κ1) is 19.8. The van der Waals surface area contributed by atoms with Gasteiger partial charge in [-0.3, -0.25) is 0 Å². The third-order valence-electron chi connectivity index (χ3n) is 4.69. The summed E-state index contributed by atoms with van der Waals surface area (Å²) >= 11 is 0. The van der Waals surface area contributed by atoms with Crippen molar-refractivity contribution in [3.8, 4) is 11.3 Å². The van der Waals surface area contributed by atoms with Gasteiger partial charge in [-0.25, -0.2) is 4.79 Å². The van der Waals surface area contributed by atoms with E-state index < -0.39 is 0 Å². The van der Waals surface area contributed by atoms with E-state index >= 15 is 0 Å². The van der Waals surface area contributed by atoms with Crippen molar-refractivity contribution < 1.29 is 13.6 Å². The van der Waals surface area contributed by atoms with E-state index in [1.807, 2.05) is 6.07 Å². The Balaban J connectivity index is 1.52. The normalized spacial score (nSPS) is 11.4. The Morgan fingerprint density at radius 2 is 1.60 bits per heavy atom. The Bertz CT molecular complexity index is 625. The molecule has 2 aliphatic rings. The minimum atomic E-state index is -0.298. The minimum Gasteiger partial charge on any atom is -0.463 e. The zero-order valence-electron chi connectivity index (χ0n) is 15.8. The molecule has 0 saturated carbocycles. The van der Waals surface area contributed by atoms with Gasteiger partial charge in [0.05, 0.1) is 0 Å². The predicted octanol–water partition coefficient (Wildman–Crippen LogP) is 6.08. The monoisotopic (exact) mass is 348 g/mol. The molecule has 0 aromatic heterocycles. The van der Waals surface area contributed by atoms with Crippen molar-refractivity contribution in [2.45, 2.75) is 84.7 Å². The molecule has 0 aromatic carbocycles. The zero-order chi connectivity index (χ0) is 17.9. The van der Waals surface area contributed by atoms with Crippen LogP contribution in [0, 0.1) is 6.92 Å². The summed E-state index contributed by atoms with van der Waals surface area (Å²) in [6.07, 6.45) is 14.7. The van der Waals surface area contributed by atoms with Gasteiger partial charge < -0.3 is 13.6 Å². The van der Waals surface area contributed by atoms with Gasteiger partial charge in [-0.2, -0.15) is 0 Å². The highest BCUT2D eigenvalue weighted by molar-refractivity contribution is 5.61. The Morgan fingerprint density at radius 1 is 0.960 bits per heavy atom. The molecule has 4 heteroatoms. The molecular weight excluding hydrogens is 316 g/mol. The van der Waals surface area contributed by atoms with Crippen molar-refractivity contribution in [2.24, 2.45) is 0 Å². The predicted molar refractivity (Wildman–Crippen MR) is 100 cm³/mol. The average molecular weight is 348 g/mol. The first-order valence-corrected chi connectivity index (χ1v) is 9.81. The summed E-state index contributed by atoms with van der Waals surface area (Å²) in [6.45, 7) is 5.21. The maximum Gasteiger partial charge on any atom is 0.339 e. The van der Waals surface area contributed by atoms with E-state index in [0.29, 0.717) is 17.9 Å². The molecule has 0 amide bonds. The van der Waals surface area contributed by atoms with Crippen LogP contribution in [0.4, 0.5) is 0 Å². The van der Waals surface area contributed by atoms with Gasteiger partial charge in [0.1, 0.15) is 18.6 Å². The van der Waals surface area contributed by atoms with Gasteiger partial charge in [0.2, 0.25) is 0 Å². The van der Waals surface area contributed by atoms with E-state index in [4.69, 9.17) is 13.6 Å². The number of furan rings is 1. The van der Waals surface area contributed by atoms with Gasteiger partial charge in [-0.15, -0.1) is 0 Å². The minimum absolute atomic E-state index is 0.298. The number of rotatable bonds is 13. The summed E-state index contributed by atoms with van der Waals surface area (Å²) in [6, 6.07) is 1.84. The van der Waals surface area contributed by atoms with Crippen LogP contribution in [0.1, 0.15) is 82.5 Å². The third-order valence-corrected chi connectivity index (χ3v) is 4.69. The maximum absolute atomic E-state index is 11.5. The molecule has 0 spiro atoms. The van der Waals surface area contributed by atoms with Crippen LogP contribution < -0.4 is 5.63 Å². The van der Waals surface area contributed by atoms with Crippen molar-refractivity contribution in [2.75, 3.05) is 6.61 Å². The number of hydrogen-bond acceptors (Lipinski definition) is 4. The van der Waals surface area contributed by atoms with Gasteiger partial charge in [0.25, 0.3) is 0 Å². The molecule has 0 saturated heterocycles. The molecule has 2 rings (SSSR count). The van der Waals surface area contributed by atoms with E-state index in [1.54, 1.807) is 6.92 Å². The van der Waals surface area contributed by atoms with Crippen molar-refractivity contribution in [1.29, 1.82) is 0 Å². The van der Waals surface area contributed by atoms with Crippen molar-refractivity contribution in [3.05, 3.63) is 34.1 Å². The van der Waals surface area contributed by atoms with E-state index in [0.717, 1.165) is 24.4 Å². The van der Waals surface area contributed by atoms with E-state index in [1.165, 1.54) is 64.1 Å². The molecule has 2 aliphatic heterocycles. The highest BCUT2D eigenvalue weighted by Crippen LogP contribution is 2.25. The Hall–Kier alpha value is -1.55. The summed E-state index contributed by atoms with van der Waals surface area (Å²) in [7, 11) is 0. The lowest BCUT2D eigenvalue weighted by Gasteiger charge is -2.06. The number of ether oxygens (including phenoxy) is 1. The molecule has 0 radical (unpaired) electrons. The second-order valence-electron chi connectivity index (χ2n) is 6.87. The van der Waals surface area contributed by atoms with Gasteiger partial charge in [-0.05, 0) is 19.4 Å². The third kappa shape index (κ3) is 6.69. The first-order chi connectivity index (χ1) is 12.2. The number of unbranched alkanes of at least 4 members (excludes halogenated alkanes) is 9. The van der Waals surface area contributed by atoms with Crippen LogP contribution >= 0.6 is 0 Å². The standard InChI is InChI=1S/C21H32O4/c1-3-4-5-6-7-8-9-10-11-12-13-23-15-18-14-19-17(2)21(22)25-20(19)16-24-18/h14,16H,3-13,15H2,1-2H3. The molecule has 4 nitrogen and oxygen atoms in total. The molecule has 0 bridgehead atoms. The van der Waals surface area contributed by atoms with Crippen LogP contribution in [0.3, 0.4) is 0 Å². The Kier molecular flexibility index (Phi) is 8.81. The number of fused-ring (bicyclic) bond motifs is 1. The lowest BCUT2D eigenvalue weighted by Crippen LogP contribution is -1.97. The molecular formula is C21H32O4. The van der Waals surface area contributed by atoms with Crippen LogP contribution in [0.15, 0.2) is 26.0 Å². The lowest BCUT2D eigenvalue weighted by atomic mass is 10.1. The Morgan fingerprint density at radius 3 is 2.28 bits per heavy atom. The molecule has 25 heavy (non-hydrogen) atoms. The molecule has 140 valence electrons. The van der Waals surface area contributed by atoms with Gasteiger partial charge in [-0.1, -0.05) is 64.7 Å². The van der Waals surface area contributed by atoms with Crippen LogP contribution in [0.25, 0.3) is 11.3 Å². The topological polar surface area (TPSA) is 52.6 Å².